The molecule has 2 aliphatic heterocycles. The van der Waals surface area contributed by atoms with Gasteiger partial charge >= 0.3 is 0 Å². The first-order chi connectivity index (χ1) is 42.8. The third-order valence-corrected chi connectivity index (χ3v) is 18.0. The molecule has 2 unspecified atom stereocenters. The lowest BCUT2D eigenvalue weighted by atomic mass is 9.72. The minimum atomic E-state index is -0.813. The summed E-state index contributed by atoms with van der Waals surface area (Å²) in [5.41, 5.74) is 15.5. The van der Waals surface area contributed by atoms with E-state index in [1.165, 1.54) is 12.1 Å². The van der Waals surface area contributed by atoms with Gasteiger partial charge in [0.05, 0.1) is 26.7 Å². The molecule has 0 amide bonds. The maximum Gasteiger partial charge on any atom is 0.125 e. The van der Waals surface area contributed by atoms with Crippen LogP contribution in [-0.2, 0) is 10.8 Å². The molecule has 10 nitrogen and oxygen atoms in total. The average Bonchev–Trinajstić information content (AvgIpc) is 1.19. The lowest BCUT2D eigenvalue weighted by Crippen LogP contribution is -2.55. The van der Waals surface area contributed by atoms with Crippen LogP contribution in [0.4, 0.5) is 22.7 Å². The number of nitrogens with one attached hydrogen (secondary N) is 2. The number of anilines is 4. The molecule has 438 valence electrons. The Hall–Kier alpha value is -10.3. The average molecular weight is 1160 g/mol. The van der Waals surface area contributed by atoms with Crippen LogP contribution in [0.15, 0.2) is 267 Å². The van der Waals surface area contributed by atoms with Crippen LogP contribution < -0.4 is 30.2 Å². The first-order valence-corrected chi connectivity index (χ1v) is 30.1. The number of phenols is 4. The van der Waals surface area contributed by atoms with Crippen molar-refractivity contribution in [3.05, 3.63) is 300 Å². The highest BCUT2D eigenvalue weighted by Gasteiger charge is 2.38. The Morgan fingerprint density at radius 2 is 0.614 bits per heavy atom. The minimum Gasteiger partial charge on any atom is -0.507 e. The molecule has 2 fully saturated rings. The summed E-state index contributed by atoms with van der Waals surface area (Å²) in [5.74, 6) is -0.101. The van der Waals surface area contributed by atoms with Gasteiger partial charge in [0.1, 0.15) is 35.3 Å². The second-order valence-electron chi connectivity index (χ2n) is 24.1. The van der Waals surface area contributed by atoms with Crippen molar-refractivity contribution in [3.63, 3.8) is 0 Å². The van der Waals surface area contributed by atoms with Crippen molar-refractivity contribution in [2.75, 3.05) is 46.3 Å². The van der Waals surface area contributed by atoms with Gasteiger partial charge in [-0.05, 0) is 69.8 Å². The van der Waals surface area contributed by atoms with E-state index in [9.17, 15) is 20.4 Å². The molecular weight excluding hydrogens is 1080 g/mol. The zero-order valence-electron chi connectivity index (χ0n) is 50.0. The summed E-state index contributed by atoms with van der Waals surface area (Å²) in [6.45, 7) is 10.3. The van der Waals surface area contributed by atoms with Crippen LogP contribution >= 0.6 is 0 Å². The van der Waals surface area contributed by atoms with Crippen molar-refractivity contribution in [2.45, 2.75) is 50.9 Å². The predicted octanol–water partition coefficient (Wildman–Crippen LogP) is 16.9. The molecule has 13 rings (SSSR count). The van der Waals surface area contributed by atoms with E-state index in [4.69, 9.17) is 0 Å². The minimum absolute atomic E-state index is 0.0253. The van der Waals surface area contributed by atoms with Gasteiger partial charge in [-0.25, -0.2) is 0 Å². The molecule has 0 saturated carbocycles. The van der Waals surface area contributed by atoms with Crippen LogP contribution in [0, 0.1) is 0 Å². The van der Waals surface area contributed by atoms with Crippen LogP contribution in [0.3, 0.4) is 0 Å². The Morgan fingerprint density at radius 3 is 0.955 bits per heavy atom. The molecule has 0 aromatic heterocycles. The molecule has 11 aromatic rings. The molecule has 0 spiro atoms. The van der Waals surface area contributed by atoms with Crippen molar-refractivity contribution in [1.82, 2.24) is 10.6 Å². The molecule has 0 bridgehead atoms. The van der Waals surface area contributed by atoms with Gasteiger partial charge in [-0.15, -0.1) is 0 Å². The highest BCUT2D eigenvalue weighted by molar-refractivity contribution is 5.84. The van der Waals surface area contributed by atoms with Crippen molar-refractivity contribution in [3.8, 4) is 67.5 Å². The summed E-state index contributed by atoms with van der Waals surface area (Å²) < 4.78 is 0. The smallest absolute Gasteiger partial charge is 0.125 e. The molecule has 11 aromatic carbocycles. The van der Waals surface area contributed by atoms with E-state index in [-0.39, 0.29) is 23.0 Å². The zero-order chi connectivity index (χ0) is 60.5. The Bertz CT molecular complexity index is 4000. The van der Waals surface area contributed by atoms with Gasteiger partial charge in [-0.2, -0.15) is 0 Å². The Labute approximate surface area is 516 Å². The van der Waals surface area contributed by atoms with Crippen molar-refractivity contribution in [2.24, 2.45) is 0 Å². The normalized spacial score (nSPS) is 15.5. The molecule has 10 heteroatoms. The number of hydrogen-bond acceptors (Lipinski definition) is 10. The summed E-state index contributed by atoms with van der Waals surface area (Å²) in [6, 6.07) is 90.7. The van der Waals surface area contributed by atoms with E-state index in [0.717, 1.165) is 78.4 Å². The van der Waals surface area contributed by atoms with Crippen molar-refractivity contribution >= 4 is 22.7 Å². The topological polar surface area (TPSA) is 118 Å². The van der Waals surface area contributed by atoms with Gasteiger partial charge in [0.25, 0.3) is 0 Å². The first kappa shape index (κ1) is 56.8. The fraction of sp³-hybridized carbons (Fsp3) is 0.154. The summed E-state index contributed by atoms with van der Waals surface area (Å²) in [7, 11) is 0. The van der Waals surface area contributed by atoms with Gasteiger partial charge in [0.15, 0.2) is 0 Å². The van der Waals surface area contributed by atoms with Gasteiger partial charge in [0, 0.05) is 90.2 Å². The highest BCUT2D eigenvalue weighted by atomic mass is 16.3. The first-order valence-electron chi connectivity index (χ1n) is 30.1. The monoisotopic (exact) mass is 1160 g/mol. The molecule has 2 saturated heterocycles. The largest absolute Gasteiger partial charge is 0.507 e. The van der Waals surface area contributed by atoms with E-state index < -0.39 is 23.2 Å². The maximum atomic E-state index is 12.1. The van der Waals surface area contributed by atoms with Crippen LogP contribution in [0.2, 0.25) is 0 Å². The van der Waals surface area contributed by atoms with E-state index in [1.54, 1.807) is 0 Å². The van der Waals surface area contributed by atoms with Gasteiger partial charge in [0.2, 0.25) is 0 Å². The number of aromatic hydroxyl groups is 4. The van der Waals surface area contributed by atoms with Crippen molar-refractivity contribution < 1.29 is 20.4 Å². The molecule has 2 atom stereocenters. The van der Waals surface area contributed by atoms with Crippen LogP contribution in [0.5, 0.6) is 23.0 Å². The molecule has 6 N–H and O–H groups in total. The standard InChI is InChI=1S/C78H72N6O4/c1-77(2,65-45-63(71(85)47-73(65)87)75-79-49-81(67-40-21-17-36-59(67)53-26-9-5-10-27-53)51-83(75)69-42-23-19-38-61(69)55-30-13-7-14-31-55)57-34-25-35-58(44-57)78(3,4)66-46-64(72(86)48-74(66)88)76-80-50-82(68-41-22-18-37-60(68)54-28-11-6-12-29-54)52-84(76)70-43-24-20-39-62(70)56-32-15-8-16-33-56/h5-48,75-76,79-80,85-88H,49-52H2,1-4H3. The summed E-state index contributed by atoms with van der Waals surface area (Å²) in [5, 5.41) is 56.2. The van der Waals surface area contributed by atoms with E-state index in [2.05, 4.69) is 270 Å². The number of nitrogens with zero attached hydrogens (tertiary/aromatic N) is 4. The van der Waals surface area contributed by atoms with Crippen LogP contribution in [0.1, 0.15) is 73.4 Å². The number of para-hydroxylation sites is 4. The third kappa shape index (κ3) is 10.8. The van der Waals surface area contributed by atoms with E-state index >= 15 is 0 Å². The maximum absolute atomic E-state index is 12.1. The lowest BCUT2D eigenvalue weighted by Gasteiger charge is -2.46. The number of hydrogen-bond donors (Lipinski definition) is 6. The second-order valence-corrected chi connectivity index (χ2v) is 24.1. The van der Waals surface area contributed by atoms with Crippen LogP contribution in [0.25, 0.3) is 44.5 Å². The predicted molar refractivity (Wildman–Crippen MR) is 359 cm³/mol. The van der Waals surface area contributed by atoms with Crippen molar-refractivity contribution in [1.29, 1.82) is 0 Å². The quantitative estimate of drug-likeness (QED) is 0.0628. The summed E-state index contributed by atoms with van der Waals surface area (Å²) in [6.07, 6.45) is -1.04. The summed E-state index contributed by atoms with van der Waals surface area (Å²) >= 11 is 0. The highest BCUT2D eigenvalue weighted by Crippen LogP contribution is 2.49. The van der Waals surface area contributed by atoms with Crippen LogP contribution in [-0.4, -0.2) is 47.1 Å². The zero-order valence-corrected chi connectivity index (χ0v) is 50.0. The Balaban J connectivity index is 0.854. The van der Waals surface area contributed by atoms with Gasteiger partial charge < -0.3 is 40.0 Å². The Morgan fingerprint density at radius 1 is 0.318 bits per heavy atom. The fourth-order valence-electron chi connectivity index (χ4n) is 13.2. The summed E-state index contributed by atoms with van der Waals surface area (Å²) in [4.78, 5) is 9.28. The molecular formula is C78H72N6O4. The number of phenolic OH excluding ortho intramolecular Hbond substituents is 4. The fourth-order valence-corrected chi connectivity index (χ4v) is 13.2. The molecule has 0 radical (unpaired) electrons. The third-order valence-electron chi connectivity index (χ3n) is 18.0. The number of benzene rings is 11. The Kier molecular flexibility index (Phi) is 15.4. The molecule has 2 heterocycles. The number of rotatable bonds is 14. The van der Waals surface area contributed by atoms with E-state index in [0.29, 0.717) is 48.9 Å². The van der Waals surface area contributed by atoms with Gasteiger partial charge in [-0.3, -0.25) is 10.6 Å². The lowest BCUT2D eigenvalue weighted by molar-refractivity contribution is 0.399. The molecule has 0 aliphatic carbocycles. The SMILES string of the molecule is CC(C)(c1cccc(C(C)(C)c2cc(C3NCN(c4ccccc4-c4ccccc4)CN3c3ccccc3-c3ccccc3)c(O)cc2O)c1)c1cc(C2NCN(c3ccccc3-c3ccccc3)CN2c2ccccc2-c2ccccc2)c(O)cc1O. The second kappa shape index (κ2) is 23.9. The van der Waals surface area contributed by atoms with E-state index in [1.807, 2.05) is 42.5 Å². The molecule has 88 heavy (non-hydrogen) atoms. The van der Waals surface area contributed by atoms with Gasteiger partial charge in [-0.1, -0.05) is 246 Å². The molecule has 2 aliphatic rings.